The maximum absolute atomic E-state index is 12.3. The predicted octanol–water partition coefficient (Wildman–Crippen LogP) is 1.96. The first kappa shape index (κ1) is 14.5. The van der Waals surface area contributed by atoms with Gasteiger partial charge in [-0.2, -0.15) is 0 Å². The average Bonchev–Trinajstić information content (AvgIpc) is 2.80. The molecule has 1 aromatic carbocycles. The molecule has 1 fully saturated rings. The van der Waals surface area contributed by atoms with Gasteiger partial charge in [-0.15, -0.1) is 0 Å². The highest BCUT2D eigenvalue weighted by atomic mass is 79.9. The molecule has 1 aliphatic heterocycles. The fraction of sp³-hybridized carbons (Fsp3) is 0.417. The maximum Gasteiger partial charge on any atom is 0.337 e. The minimum absolute atomic E-state index is 0.0642. The zero-order chi connectivity index (χ0) is 14.0. The van der Waals surface area contributed by atoms with Crippen molar-refractivity contribution in [2.75, 3.05) is 19.0 Å². The molecule has 2 rings (SSSR count). The first-order valence-electron chi connectivity index (χ1n) is 5.73. The minimum atomic E-state index is -3.63. The SMILES string of the molecule is O=C(O)c1ccc(Br)cc1S(=O)(=O)CC1CCOC1. The number of sulfone groups is 1. The third-order valence-corrected chi connectivity index (χ3v) is 5.40. The lowest BCUT2D eigenvalue weighted by molar-refractivity contribution is 0.0692. The molecule has 1 atom stereocenters. The molecule has 0 spiro atoms. The maximum atomic E-state index is 12.3. The quantitative estimate of drug-likeness (QED) is 0.899. The molecule has 1 heterocycles. The highest BCUT2D eigenvalue weighted by molar-refractivity contribution is 9.10. The van der Waals surface area contributed by atoms with Crippen LogP contribution in [0.5, 0.6) is 0 Å². The van der Waals surface area contributed by atoms with Crippen LogP contribution in [0.15, 0.2) is 27.6 Å². The molecule has 0 aromatic heterocycles. The third kappa shape index (κ3) is 3.34. The van der Waals surface area contributed by atoms with Crippen molar-refractivity contribution in [1.29, 1.82) is 0 Å². The lowest BCUT2D eigenvalue weighted by atomic mass is 10.2. The Balaban J connectivity index is 2.38. The summed E-state index contributed by atoms with van der Waals surface area (Å²) in [7, 11) is -3.63. The van der Waals surface area contributed by atoms with E-state index in [-0.39, 0.29) is 22.1 Å². The van der Waals surface area contributed by atoms with Crippen molar-refractivity contribution in [3.05, 3.63) is 28.2 Å². The molecule has 104 valence electrons. The van der Waals surface area contributed by atoms with E-state index < -0.39 is 15.8 Å². The molecule has 1 aliphatic rings. The third-order valence-electron chi connectivity index (χ3n) is 2.99. The highest BCUT2D eigenvalue weighted by Crippen LogP contribution is 2.25. The summed E-state index contributed by atoms with van der Waals surface area (Å²) in [6.45, 7) is 0.972. The van der Waals surface area contributed by atoms with Crippen LogP contribution in [0.3, 0.4) is 0 Å². The number of hydrogen-bond acceptors (Lipinski definition) is 4. The Morgan fingerprint density at radius 2 is 2.21 bits per heavy atom. The van der Waals surface area contributed by atoms with Crippen LogP contribution in [0.25, 0.3) is 0 Å². The molecular formula is C12H13BrO5S. The zero-order valence-electron chi connectivity index (χ0n) is 10.0. The minimum Gasteiger partial charge on any atom is -0.478 e. The van der Waals surface area contributed by atoms with E-state index in [0.29, 0.717) is 24.1 Å². The second-order valence-electron chi connectivity index (χ2n) is 4.46. The summed E-state index contributed by atoms with van der Waals surface area (Å²) in [5.74, 6) is -1.39. The molecule has 19 heavy (non-hydrogen) atoms. The number of carbonyl (C=O) groups is 1. The Bertz CT molecular complexity index is 590. The van der Waals surface area contributed by atoms with Crippen molar-refractivity contribution < 1.29 is 23.1 Å². The number of hydrogen-bond donors (Lipinski definition) is 1. The number of carboxylic acid groups (broad SMARTS) is 1. The molecular weight excluding hydrogens is 336 g/mol. The standard InChI is InChI=1S/C12H13BrO5S/c13-9-1-2-10(12(14)15)11(5-9)19(16,17)7-8-3-4-18-6-8/h1-2,5,8H,3-4,6-7H2,(H,14,15). The molecule has 5 nitrogen and oxygen atoms in total. The van der Waals surface area contributed by atoms with Gasteiger partial charge in [-0.05, 0) is 30.5 Å². The topological polar surface area (TPSA) is 80.7 Å². The Kier molecular flexibility index (Phi) is 4.27. The Hall–Kier alpha value is -0.920. The normalized spacial score (nSPS) is 19.5. The van der Waals surface area contributed by atoms with Gasteiger partial charge in [0.25, 0.3) is 0 Å². The summed E-state index contributed by atoms with van der Waals surface area (Å²) in [6, 6.07) is 4.15. The van der Waals surface area contributed by atoms with Crippen LogP contribution in [0.4, 0.5) is 0 Å². The number of halogens is 1. The lowest BCUT2D eigenvalue weighted by Gasteiger charge is -2.11. The second-order valence-corrected chi connectivity index (χ2v) is 7.37. The molecule has 0 saturated carbocycles. The van der Waals surface area contributed by atoms with Crippen LogP contribution in [-0.4, -0.2) is 38.5 Å². The molecule has 1 N–H and O–H groups in total. The van der Waals surface area contributed by atoms with Crippen molar-refractivity contribution >= 4 is 31.7 Å². The van der Waals surface area contributed by atoms with Crippen LogP contribution >= 0.6 is 15.9 Å². The van der Waals surface area contributed by atoms with Gasteiger partial charge in [-0.1, -0.05) is 15.9 Å². The van der Waals surface area contributed by atoms with Gasteiger partial charge >= 0.3 is 5.97 Å². The predicted molar refractivity (Wildman–Crippen MR) is 72.1 cm³/mol. The van der Waals surface area contributed by atoms with Crippen LogP contribution in [0.1, 0.15) is 16.8 Å². The molecule has 0 aliphatic carbocycles. The molecule has 7 heteroatoms. The van der Waals surface area contributed by atoms with E-state index in [2.05, 4.69) is 15.9 Å². The summed E-state index contributed by atoms with van der Waals surface area (Å²) in [6.07, 6.45) is 0.690. The fourth-order valence-corrected chi connectivity index (χ4v) is 4.42. The number of carboxylic acids is 1. The summed E-state index contributed by atoms with van der Waals surface area (Å²) < 4.78 is 30.3. The Morgan fingerprint density at radius 1 is 1.47 bits per heavy atom. The average molecular weight is 349 g/mol. The van der Waals surface area contributed by atoms with Crippen molar-refractivity contribution in [1.82, 2.24) is 0 Å². The molecule has 0 radical (unpaired) electrons. The van der Waals surface area contributed by atoms with E-state index in [4.69, 9.17) is 9.84 Å². The molecule has 0 amide bonds. The van der Waals surface area contributed by atoms with Crippen molar-refractivity contribution in [3.8, 4) is 0 Å². The van der Waals surface area contributed by atoms with Crippen LogP contribution in [-0.2, 0) is 14.6 Å². The molecule has 1 aromatic rings. The molecule has 0 bridgehead atoms. The number of rotatable bonds is 4. The zero-order valence-corrected chi connectivity index (χ0v) is 12.4. The van der Waals surface area contributed by atoms with Crippen LogP contribution in [0, 0.1) is 5.92 Å². The molecule has 1 saturated heterocycles. The first-order valence-corrected chi connectivity index (χ1v) is 8.18. The number of ether oxygens (including phenoxy) is 1. The van der Waals surface area contributed by atoms with Gasteiger partial charge in [0, 0.05) is 11.1 Å². The van der Waals surface area contributed by atoms with Crippen molar-refractivity contribution in [2.45, 2.75) is 11.3 Å². The molecule has 1 unspecified atom stereocenters. The summed E-state index contributed by atoms with van der Waals surface area (Å²) in [5.41, 5.74) is -0.192. The van der Waals surface area contributed by atoms with Gasteiger partial charge in [0.2, 0.25) is 0 Å². The van der Waals surface area contributed by atoms with E-state index >= 15 is 0 Å². The van der Waals surface area contributed by atoms with E-state index in [1.165, 1.54) is 18.2 Å². The van der Waals surface area contributed by atoms with Gasteiger partial charge < -0.3 is 9.84 Å². The number of benzene rings is 1. The number of aromatic carboxylic acids is 1. The Morgan fingerprint density at radius 3 is 2.79 bits per heavy atom. The van der Waals surface area contributed by atoms with Gasteiger partial charge in [0.1, 0.15) is 0 Å². The smallest absolute Gasteiger partial charge is 0.337 e. The summed E-state index contributed by atoms with van der Waals surface area (Å²) in [5, 5.41) is 9.08. The van der Waals surface area contributed by atoms with Crippen LogP contribution < -0.4 is 0 Å². The highest BCUT2D eigenvalue weighted by Gasteiger charge is 2.28. The Labute approximate surface area is 119 Å². The van der Waals surface area contributed by atoms with Gasteiger partial charge in [-0.3, -0.25) is 0 Å². The first-order chi connectivity index (χ1) is 8.90. The van der Waals surface area contributed by atoms with E-state index in [0.717, 1.165) is 0 Å². The van der Waals surface area contributed by atoms with E-state index in [1.54, 1.807) is 0 Å². The monoisotopic (exact) mass is 348 g/mol. The summed E-state index contributed by atoms with van der Waals surface area (Å²) in [4.78, 5) is 11.0. The largest absolute Gasteiger partial charge is 0.478 e. The van der Waals surface area contributed by atoms with Crippen molar-refractivity contribution in [2.24, 2.45) is 5.92 Å². The van der Waals surface area contributed by atoms with Crippen molar-refractivity contribution in [3.63, 3.8) is 0 Å². The second kappa shape index (κ2) is 5.60. The van der Waals surface area contributed by atoms with Crippen LogP contribution in [0.2, 0.25) is 0 Å². The summed E-state index contributed by atoms with van der Waals surface area (Å²) >= 11 is 3.17. The van der Waals surface area contributed by atoms with Gasteiger partial charge in [0.15, 0.2) is 9.84 Å². The van der Waals surface area contributed by atoms with Gasteiger partial charge in [0.05, 0.1) is 22.8 Å². The van der Waals surface area contributed by atoms with E-state index in [9.17, 15) is 13.2 Å². The van der Waals surface area contributed by atoms with E-state index in [1.807, 2.05) is 0 Å². The lowest BCUT2D eigenvalue weighted by Crippen LogP contribution is -2.19. The van der Waals surface area contributed by atoms with Gasteiger partial charge in [-0.25, -0.2) is 13.2 Å². The fourth-order valence-electron chi connectivity index (χ4n) is 2.05.